The van der Waals surface area contributed by atoms with Gasteiger partial charge in [0.2, 0.25) is 5.91 Å². The Morgan fingerprint density at radius 3 is 2.07 bits per heavy atom. The zero-order valence-electron chi connectivity index (χ0n) is 16.9. The van der Waals surface area contributed by atoms with Crippen LogP contribution < -0.4 is 10.2 Å². The molecule has 0 saturated carbocycles. The number of carbonyl (C=O) groups is 2. The smallest absolute Gasteiger partial charge is 0.258 e. The minimum atomic E-state index is -0.0531. The minimum absolute atomic E-state index is 0.00266. The van der Waals surface area contributed by atoms with Crippen LogP contribution in [-0.2, 0) is 17.8 Å². The summed E-state index contributed by atoms with van der Waals surface area (Å²) < 4.78 is 0. The monoisotopic (exact) mass is 386 g/mol. The highest BCUT2D eigenvalue weighted by atomic mass is 16.2. The number of amides is 2. The van der Waals surface area contributed by atoms with Gasteiger partial charge in [0, 0.05) is 17.8 Å². The van der Waals surface area contributed by atoms with Gasteiger partial charge in [0.1, 0.15) is 0 Å². The Balaban J connectivity index is 1.86. The van der Waals surface area contributed by atoms with Gasteiger partial charge < -0.3 is 10.2 Å². The van der Waals surface area contributed by atoms with Crippen LogP contribution >= 0.6 is 0 Å². The van der Waals surface area contributed by atoms with Crippen molar-refractivity contribution in [2.45, 2.75) is 26.8 Å². The maximum absolute atomic E-state index is 13.2. The molecule has 0 aromatic heterocycles. The van der Waals surface area contributed by atoms with Crippen LogP contribution in [0.15, 0.2) is 78.9 Å². The third kappa shape index (κ3) is 5.55. The molecular formula is C25H26N2O2. The first-order valence-electron chi connectivity index (χ1n) is 9.85. The van der Waals surface area contributed by atoms with Crippen molar-refractivity contribution >= 4 is 17.5 Å². The van der Waals surface area contributed by atoms with Crippen LogP contribution in [-0.4, -0.2) is 18.4 Å². The first-order chi connectivity index (χ1) is 14.1. The molecule has 4 nitrogen and oxygen atoms in total. The van der Waals surface area contributed by atoms with Gasteiger partial charge in [-0.2, -0.15) is 0 Å². The van der Waals surface area contributed by atoms with Gasteiger partial charge in [-0.25, -0.2) is 0 Å². The van der Waals surface area contributed by atoms with Crippen LogP contribution in [0, 0.1) is 6.92 Å². The molecule has 0 unspecified atom stereocenters. The van der Waals surface area contributed by atoms with Crippen LogP contribution in [0.2, 0.25) is 0 Å². The van der Waals surface area contributed by atoms with E-state index in [1.54, 1.807) is 4.90 Å². The second kappa shape index (κ2) is 9.69. The fraction of sp³-hybridized carbons (Fsp3) is 0.200. The van der Waals surface area contributed by atoms with Crippen LogP contribution in [0.5, 0.6) is 0 Å². The van der Waals surface area contributed by atoms with Gasteiger partial charge in [-0.1, -0.05) is 60.2 Å². The molecule has 1 N–H and O–H groups in total. The number of nitrogens with one attached hydrogen (secondary N) is 1. The lowest BCUT2D eigenvalue weighted by atomic mass is 10.1. The Morgan fingerprint density at radius 1 is 0.828 bits per heavy atom. The molecule has 0 aliphatic rings. The number of anilines is 1. The molecule has 3 aromatic carbocycles. The lowest BCUT2D eigenvalue weighted by molar-refractivity contribution is -0.120. The van der Waals surface area contributed by atoms with Crippen molar-refractivity contribution in [1.82, 2.24) is 5.32 Å². The third-order valence-electron chi connectivity index (χ3n) is 4.71. The van der Waals surface area contributed by atoms with Gasteiger partial charge in [-0.3, -0.25) is 9.59 Å². The molecular weight excluding hydrogens is 360 g/mol. The average molecular weight is 386 g/mol. The highest BCUT2D eigenvalue weighted by molar-refractivity contribution is 6.06. The lowest BCUT2D eigenvalue weighted by Crippen LogP contribution is -2.30. The molecule has 4 heteroatoms. The second-order valence-corrected chi connectivity index (χ2v) is 7.04. The summed E-state index contributed by atoms with van der Waals surface area (Å²) in [5, 5.41) is 2.80. The molecule has 2 amide bonds. The maximum atomic E-state index is 13.2. The SMILES string of the molecule is CCNC(=O)Cc1ccc(N(Cc2ccc(C)cc2)C(=O)c2ccccc2)cc1. The van der Waals surface area contributed by atoms with Crippen molar-refractivity contribution in [3.05, 3.63) is 101 Å². The van der Waals surface area contributed by atoms with Gasteiger partial charge in [0.05, 0.1) is 13.0 Å². The van der Waals surface area contributed by atoms with Crippen LogP contribution in [0.25, 0.3) is 0 Å². The minimum Gasteiger partial charge on any atom is -0.356 e. The molecule has 0 aliphatic heterocycles. The molecule has 3 rings (SSSR count). The van der Waals surface area contributed by atoms with Gasteiger partial charge >= 0.3 is 0 Å². The number of aryl methyl sites for hydroxylation is 1. The third-order valence-corrected chi connectivity index (χ3v) is 4.71. The summed E-state index contributed by atoms with van der Waals surface area (Å²) in [5.74, 6) is -0.0558. The van der Waals surface area contributed by atoms with Gasteiger partial charge in [0.15, 0.2) is 0 Å². The van der Waals surface area contributed by atoms with E-state index in [1.165, 1.54) is 5.56 Å². The Bertz CT molecular complexity index is 948. The Labute approximate surface area is 172 Å². The first-order valence-corrected chi connectivity index (χ1v) is 9.85. The molecule has 29 heavy (non-hydrogen) atoms. The Hall–Kier alpha value is -3.40. The summed E-state index contributed by atoms with van der Waals surface area (Å²) in [6.45, 7) is 5.04. The molecule has 0 spiro atoms. The van der Waals surface area contributed by atoms with E-state index >= 15 is 0 Å². The zero-order chi connectivity index (χ0) is 20.6. The van der Waals surface area contributed by atoms with Crippen LogP contribution in [0.3, 0.4) is 0 Å². The topological polar surface area (TPSA) is 49.4 Å². The zero-order valence-corrected chi connectivity index (χ0v) is 16.9. The molecule has 3 aromatic rings. The number of hydrogen-bond acceptors (Lipinski definition) is 2. The van der Waals surface area contributed by atoms with E-state index in [0.29, 0.717) is 25.1 Å². The summed E-state index contributed by atoms with van der Waals surface area (Å²) in [6.07, 6.45) is 0.332. The van der Waals surface area contributed by atoms with Gasteiger partial charge in [-0.05, 0) is 49.2 Å². The van der Waals surface area contributed by atoms with E-state index in [4.69, 9.17) is 0 Å². The molecule has 0 aliphatic carbocycles. The van der Waals surface area contributed by atoms with Gasteiger partial charge in [-0.15, -0.1) is 0 Å². The van der Waals surface area contributed by atoms with Crippen molar-refractivity contribution in [2.24, 2.45) is 0 Å². The summed E-state index contributed by atoms with van der Waals surface area (Å²) >= 11 is 0. The van der Waals surface area contributed by atoms with Gasteiger partial charge in [0.25, 0.3) is 5.91 Å². The Morgan fingerprint density at radius 2 is 1.45 bits per heavy atom. The van der Waals surface area contributed by atoms with Crippen LogP contribution in [0.4, 0.5) is 5.69 Å². The maximum Gasteiger partial charge on any atom is 0.258 e. The van der Waals surface area contributed by atoms with Crippen molar-refractivity contribution < 1.29 is 9.59 Å². The standard InChI is InChI=1S/C25H26N2O2/c1-3-26-24(28)17-20-13-15-23(16-14-20)27(18-21-11-9-19(2)10-12-21)25(29)22-7-5-4-6-8-22/h4-16H,3,17-18H2,1-2H3,(H,26,28). The molecule has 0 radical (unpaired) electrons. The van der Waals surface area contributed by atoms with Crippen molar-refractivity contribution in [3.8, 4) is 0 Å². The molecule has 0 saturated heterocycles. The number of rotatable bonds is 7. The lowest BCUT2D eigenvalue weighted by Gasteiger charge is -2.23. The number of carbonyl (C=O) groups excluding carboxylic acids is 2. The molecule has 0 heterocycles. The highest BCUT2D eigenvalue weighted by Gasteiger charge is 2.18. The molecule has 0 fully saturated rings. The largest absolute Gasteiger partial charge is 0.356 e. The number of likely N-dealkylation sites (N-methyl/N-ethyl adjacent to an activating group) is 1. The summed E-state index contributed by atoms with van der Waals surface area (Å²) in [6, 6.07) is 25.1. The van der Waals surface area contributed by atoms with E-state index in [0.717, 1.165) is 16.8 Å². The predicted octanol–water partition coefficient (Wildman–Crippen LogP) is 4.52. The normalized spacial score (nSPS) is 10.4. The average Bonchev–Trinajstić information content (AvgIpc) is 2.74. The molecule has 148 valence electrons. The Kier molecular flexibility index (Phi) is 6.80. The predicted molar refractivity (Wildman–Crippen MR) is 117 cm³/mol. The van der Waals surface area contributed by atoms with Crippen molar-refractivity contribution in [2.75, 3.05) is 11.4 Å². The molecule has 0 bridgehead atoms. The number of benzene rings is 3. The molecule has 0 atom stereocenters. The van der Waals surface area contributed by atoms with Crippen molar-refractivity contribution in [1.29, 1.82) is 0 Å². The second-order valence-electron chi connectivity index (χ2n) is 7.04. The van der Waals surface area contributed by atoms with Crippen LogP contribution in [0.1, 0.15) is 34.0 Å². The fourth-order valence-electron chi connectivity index (χ4n) is 3.13. The number of nitrogens with zero attached hydrogens (tertiary/aromatic N) is 1. The fourth-order valence-corrected chi connectivity index (χ4v) is 3.13. The van der Waals surface area contributed by atoms with E-state index in [2.05, 4.69) is 17.4 Å². The summed E-state index contributed by atoms with van der Waals surface area (Å²) in [7, 11) is 0. The quantitative estimate of drug-likeness (QED) is 0.649. The van der Waals surface area contributed by atoms with E-state index in [1.807, 2.05) is 80.6 Å². The summed E-state index contributed by atoms with van der Waals surface area (Å²) in [4.78, 5) is 26.8. The van der Waals surface area contributed by atoms with E-state index in [9.17, 15) is 9.59 Å². The highest BCUT2D eigenvalue weighted by Crippen LogP contribution is 2.21. The number of hydrogen-bond donors (Lipinski definition) is 1. The first kappa shape index (κ1) is 20.3. The summed E-state index contributed by atoms with van der Waals surface area (Å²) in [5.41, 5.74) is 4.61. The van der Waals surface area contributed by atoms with Crippen molar-refractivity contribution in [3.63, 3.8) is 0 Å². The van der Waals surface area contributed by atoms with E-state index in [-0.39, 0.29) is 11.8 Å². The van der Waals surface area contributed by atoms with E-state index < -0.39 is 0 Å².